The van der Waals surface area contributed by atoms with Crippen LogP contribution in [0.3, 0.4) is 0 Å². The first-order valence-corrected chi connectivity index (χ1v) is 3.97. The minimum absolute atomic E-state index is 0.0158. The minimum atomic E-state index is -0.0158. The highest BCUT2D eigenvalue weighted by Crippen LogP contribution is 2.12. The summed E-state index contributed by atoms with van der Waals surface area (Å²) in [5.74, 6) is 0.683. The molecule has 0 aromatic rings. The Morgan fingerprint density at radius 2 is 2.00 bits per heavy atom. The molecule has 0 unspecified atom stereocenters. The molecule has 0 atom stereocenters. The second-order valence-electron chi connectivity index (χ2n) is 3.56. The van der Waals surface area contributed by atoms with E-state index in [1.807, 2.05) is 26.8 Å². The highest BCUT2D eigenvalue weighted by atomic mass is 14.9. The van der Waals surface area contributed by atoms with Crippen LogP contribution in [0.25, 0.3) is 0 Å². The molecule has 0 aliphatic rings. The lowest BCUT2D eigenvalue weighted by Gasteiger charge is -2.16. The van der Waals surface area contributed by atoms with E-state index in [0.29, 0.717) is 5.84 Å². The van der Waals surface area contributed by atoms with Gasteiger partial charge in [-0.1, -0.05) is 33.8 Å². The Balaban J connectivity index is 4.12. The fourth-order valence-electron chi connectivity index (χ4n) is 0.432. The topological polar surface area (TPSA) is 38.4 Å². The zero-order valence-electron chi connectivity index (χ0n) is 7.89. The molecule has 0 aliphatic carbocycles. The van der Waals surface area contributed by atoms with Crippen molar-refractivity contribution in [3.8, 4) is 0 Å². The molecule has 0 rings (SSSR count). The molecule has 64 valence electrons. The lowest BCUT2D eigenvalue weighted by atomic mass is 9.95. The normalized spacial score (nSPS) is 14.4. The molecule has 0 radical (unpaired) electrons. The van der Waals surface area contributed by atoms with Crippen LogP contribution in [0.5, 0.6) is 0 Å². The molecule has 0 heterocycles. The van der Waals surface area contributed by atoms with E-state index in [9.17, 15) is 0 Å². The smallest absolute Gasteiger partial charge is 0.104 e. The Morgan fingerprint density at radius 1 is 1.45 bits per heavy atom. The lowest BCUT2D eigenvalue weighted by Crippen LogP contribution is -2.28. The monoisotopic (exact) mass is 154 g/mol. The van der Waals surface area contributed by atoms with Gasteiger partial charge >= 0.3 is 0 Å². The van der Waals surface area contributed by atoms with Crippen molar-refractivity contribution in [1.29, 1.82) is 0 Å². The Bertz CT molecular complexity index is 161. The van der Waals surface area contributed by atoms with Crippen LogP contribution in [0.15, 0.2) is 17.3 Å². The van der Waals surface area contributed by atoms with Gasteiger partial charge in [-0.25, -0.2) is 4.99 Å². The van der Waals surface area contributed by atoms with Gasteiger partial charge in [0.2, 0.25) is 0 Å². The predicted octanol–water partition coefficient (Wildman–Crippen LogP) is 2.31. The van der Waals surface area contributed by atoms with Crippen LogP contribution >= 0.6 is 0 Å². The maximum Gasteiger partial charge on any atom is 0.104 e. The number of hydrogen-bond acceptors (Lipinski definition) is 1. The van der Waals surface area contributed by atoms with Gasteiger partial charge in [-0.2, -0.15) is 0 Å². The molecule has 0 aromatic carbocycles. The molecular formula is C9H18N2. The summed E-state index contributed by atoms with van der Waals surface area (Å²) >= 11 is 0. The van der Waals surface area contributed by atoms with E-state index in [2.05, 4.69) is 11.9 Å². The van der Waals surface area contributed by atoms with Crippen molar-refractivity contribution in [2.75, 3.05) is 0 Å². The Kier molecular flexibility index (Phi) is 3.86. The molecular weight excluding hydrogens is 136 g/mol. The molecule has 0 fully saturated rings. The second kappa shape index (κ2) is 4.16. The van der Waals surface area contributed by atoms with Gasteiger partial charge in [-0.05, 0) is 6.42 Å². The van der Waals surface area contributed by atoms with Crippen LogP contribution in [0.2, 0.25) is 0 Å². The van der Waals surface area contributed by atoms with Gasteiger partial charge in [0.05, 0.1) is 0 Å². The predicted molar refractivity (Wildman–Crippen MR) is 50.5 cm³/mol. The molecule has 11 heavy (non-hydrogen) atoms. The standard InChI is InChI=1S/C9H18N2/c1-5-6-7-11-8(10)9(2,3)4/h6-7H,5H2,1-4H3,(H2,10,11)/b7-6-. The first-order chi connectivity index (χ1) is 4.98. The van der Waals surface area contributed by atoms with Crippen LogP contribution in [-0.4, -0.2) is 5.84 Å². The summed E-state index contributed by atoms with van der Waals surface area (Å²) in [4.78, 5) is 4.10. The highest BCUT2D eigenvalue weighted by Gasteiger charge is 2.13. The summed E-state index contributed by atoms with van der Waals surface area (Å²) in [6.45, 7) is 8.21. The molecule has 0 saturated carbocycles. The first kappa shape index (κ1) is 10.2. The van der Waals surface area contributed by atoms with Crippen LogP contribution in [0.1, 0.15) is 34.1 Å². The van der Waals surface area contributed by atoms with Gasteiger partial charge in [-0.15, -0.1) is 0 Å². The Labute approximate surface area is 69.2 Å². The van der Waals surface area contributed by atoms with Gasteiger partial charge in [-0.3, -0.25) is 0 Å². The zero-order chi connectivity index (χ0) is 8.91. The van der Waals surface area contributed by atoms with Crippen molar-refractivity contribution in [1.82, 2.24) is 0 Å². The van der Waals surface area contributed by atoms with Crippen LogP contribution < -0.4 is 5.73 Å². The zero-order valence-corrected chi connectivity index (χ0v) is 7.89. The van der Waals surface area contributed by atoms with Crippen molar-refractivity contribution >= 4 is 5.84 Å². The molecule has 0 spiro atoms. The number of nitrogens with zero attached hydrogens (tertiary/aromatic N) is 1. The van der Waals surface area contributed by atoms with E-state index in [4.69, 9.17) is 5.73 Å². The van der Waals surface area contributed by atoms with Gasteiger partial charge in [0, 0.05) is 11.6 Å². The lowest BCUT2D eigenvalue weighted by molar-refractivity contribution is 0.585. The average Bonchev–Trinajstić information content (AvgIpc) is 1.86. The number of allylic oxidation sites excluding steroid dienone is 1. The molecule has 2 heteroatoms. The van der Waals surface area contributed by atoms with E-state index in [0.717, 1.165) is 6.42 Å². The van der Waals surface area contributed by atoms with E-state index in [1.165, 1.54) is 0 Å². The minimum Gasteiger partial charge on any atom is -0.387 e. The van der Waals surface area contributed by atoms with E-state index in [-0.39, 0.29) is 5.41 Å². The summed E-state index contributed by atoms with van der Waals surface area (Å²) < 4.78 is 0. The SMILES string of the molecule is CC/C=C\N=C(N)C(C)(C)C. The first-order valence-electron chi connectivity index (χ1n) is 3.97. The fourth-order valence-corrected chi connectivity index (χ4v) is 0.432. The van der Waals surface area contributed by atoms with Gasteiger partial charge in [0.1, 0.15) is 5.84 Å². The molecule has 0 aromatic heterocycles. The molecule has 0 bridgehead atoms. The Hall–Kier alpha value is -0.790. The van der Waals surface area contributed by atoms with E-state index >= 15 is 0 Å². The molecule has 0 aliphatic heterocycles. The second-order valence-corrected chi connectivity index (χ2v) is 3.56. The quantitative estimate of drug-likeness (QED) is 0.481. The van der Waals surface area contributed by atoms with Gasteiger partial charge in [0.25, 0.3) is 0 Å². The number of hydrogen-bond donors (Lipinski definition) is 1. The fraction of sp³-hybridized carbons (Fsp3) is 0.667. The summed E-state index contributed by atoms with van der Waals surface area (Å²) in [6, 6.07) is 0. The van der Waals surface area contributed by atoms with Gasteiger partial charge in [0.15, 0.2) is 0 Å². The van der Waals surface area contributed by atoms with Crippen LogP contribution in [-0.2, 0) is 0 Å². The van der Waals surface area contributed by atoms with Crippen molar-refractivity contribution in [2.45, 2.75) is 34.1 Å². The Morgan fingerprint density at radius 3 is 2.36 bits per heavy atom. The summed E-state index contributed by atoms with van der Waals surface area (Å²) in [7, 11) is 0. The molecule has 2 nitrogen and oxygen atoms in total. The summed E-state index contributed by atoms with van der Waals surface area (Å²) in [5.41, 5.74) is 5.67. The van der Waals surface area contributed by atoms with Crippen molar-refractivity contribution in [2.24, 2.45) is 16.1 Å². The number of rotatable bonds is 2. The third-order valence-electron chi connectivity index (χ3n) is 1.32. The van der Waals surface area contributed by atoms with E-state index in [1.54, 1.807) is 6.20 Å². The molecule has 0 saturated heterocycles. The van der Waals surface area contributed by atoms with E-state index < -0.39 is 0 Å². The van der Waals surface area contributed by atoms with Crippen LogP contribution in [0, 0.1) is 5.41 Å². The van der Waals surface area contributed by atoms with Crippen molar-refractivity contribution < 1.29 is 0 Å². The summed E-state index contributed by atoms with van der Waals surface area (Å²) in [5, 5.41) is 0. The third kappa shape index (κ3) is 4.59. The largest absolute Gasteiger partial charge is 0.387 e. The molecule has 2 N–H and O–H groups in total. The van der Waals surface area contributed by atoms with Crippen LogP contribution in [0.4, 0.5) is 0 Å². The maximum atomic E-state index is 5.69. The van der Waals surface area contributed by atoms with Crippen molar-refractivity contribution in [3.05, 3.63) is 12.3 Å². The van der Waals surface area contributed by atoms with Crippen molar-refractivity contribution in [3.63, 3.8) is 0 Å². The summed E-state index contributed by atoms with van der Waals surface area (Å²) in [6.07, 6.45) is 4.75. The maximum absolute atomic E-state index is 5.69. The number of nitrogens with two attached hydrogens (primary N) is 1. The molecule has 0 amide bonds. The number of amidine groups is 1. The highest BCUT2D eigenvalue weighted by molar-refractivity contribution is 5.85. The average molecular weight is 154 g/mol. The number of aliphatic imine (C=N–C) groups is 1. The third-order valence-corrected chi connectivity index (χ3v) is 1.32. The van der Waals surface area contributed by atoms with Gasteiger partial charge < -0.3 is 5.73 Å².